The summed E-state index contributed by atoms with van der Waals surface area (Å²) in [5, 5.41) is 0. The van der Waals surface area contributed by atoms with E-state index in [0.717, 1.165) is 31.6 Å². The van der Waals surface area contributed by atoms with Crippen LogP contribution in [0.5, 0.6) is 5.75 Å². The highest BCUT2D eigenvalue weighted by atomic mass is 32.2. The lowest BCUT2D eigenvalue weighted by atomic mass is 10.1. The summed E-state index contributed by atoms with van der Waals surface area (Å²) in [5.74, 6) is -1.10. The molecule has 34 heavy (non-hydrogen) atoms. The van der Waals surface area contributed by atoms with Crippen molar-refractivity contribution in [1.29, 1.82) is 0 Å². The molecule has 0 aliphatic carbocycles. The number of benzene rings is 2. The highest BCUT2D eigenvalue weighted by Gasteiger charge is 2.27. The van der Waals surface area contributed by atoms with Crippen molar-refractivity contribution in [1.82, 2.24) is 4.90 Å². The summed E-state index contributed by atoms with van der Waals surface area (Å²) in [7, 11) is -3.79. The van der Waals surface area contributed by atoms with E-state index < -0.39 is 21.8 Å². The maximum absolute atomic E-state index is 14.4. The summed E-state index contributed by atoms with van der Waals surface area (Å²) in [6.07, 6.45) is 1.54. The van der Waals surface area contributed by atoms with Crippen LogP contribution in [0.15, 0.2) is 42.5 Å². The zero-order chi connectivity index (χ0) is 24.7. The molecule has 7 nitrogen and oxygen atoms in total. The van der Waals surface area contributed by atoms with Crippen LogP contribution >= 0.6 is 0 Å². The first-order chi connectivity index (χ1) is 16.3. The largest absolute Gasteiger partial charge is 0.382 e. The van der Waals surface area contributed by atoms with Gasteiger partial charge in [-0.1, -0.05) is 18.2 Å². The van der Waals surface area contributed by atoms with Crippen LogP contribution in [-0.2, 0) is 21.4 Å². The summed E-state index contributed by atoms with van der Waals surface area (Å²) < 4.78 is 50.2. The van der Waals surface area contributed by atoms with Crippen LogP contribution in [0.3, 0.4) is 0 Å². The molecule has 9 heteroatoms. The molecule has 1 saturated heterocycles. The summed E-state index contributed by atoms with van der Waals surface area (Å²) >= 11 is 0. The summed E-state index contributed by atoms with van der Waals surface area (Å²) in [4.78, 5) is 16.9. The van der Waals surface area contributed by atoms with E-state index in [0.29, 0.717) is 12.2 Å². The minimum absolute atomic E-state index is 0.0380. The van der Waals surface area contributed by atoms with Crippen molar-refractivity contribution in [3.05, 3.63) is 59.4 Å². The van der Waals surface area contributed by atoms with Gasteiger partial charge in [0.2, 0.25) is 0 Å². The minimum atomic E-state index is -3.79. The lowest BCUT2D eigenvalue weighted by Crippen LogP contribution is -2.37. The number of halogens is 1. The highest BCUT2D eigenvalue weighted by molar-refractivity contribution is 7.87. The average molecular weight is 493 g/mol. The zero-order valence-corrected chi connectivity index (χ0v) is 20.8. The fourth-order valence-corrected chi connectivity index (χ4v) is 4.54. The molecule has 1 amide bonds. The monoisotopic (exact) mass is 492 g/mol. The first kappa shape index (κ1) is 26.0. The third kappa shape index (κ3) is 6.48. The van der Waals surface area contributed by atoms with E-state index in [1.165, 1.54) is 30.0 Å². The van der Waals surface area contributed by atoms with E-state index in [2.05, 4.69) is 4.90 Å². The van der Waals surface area contributed by atoms with Crippen molar-refractivity contribution >= 4 is 21.7 Å². The van der Waals surface area contributed by atoms with Gasteiger partial charge in [-0.05, 0) is 51.8 Å². The predicted octanol–water partition coefficient (Wildman–Crippen LogP) is 4.22. The molecular formula is C25H33FN2O5S. The minimum Gasteiger partial charge on any atom is -0.382 e. The van der Waals surface area contributed by atoms with Crippen LogP contribution in [-0.4, -0.2) is 57.3 Å². The Morgan fingerprint density at radius 1 is 1.15 bits per heavy atom. The molecule has 1 heterocycles. The molecular weight excluding hydrogens is 459 g/mol. The number of carbonyl (C=O) groups is 1. The molecule has 1 aliphatic heterocycles. The van der Waals surface area contributed by atoms with Crippen LogP contribution < -0.4 is 9.08 Å². The first-order valence-electron chi connectivity index (χ1n) is 11.7. The van der Waals surface area contributed by atoms with Gasteiger partial charge in [0, 0.05) is 50.1 Å². The topological polar surface area (TPSA) is 76.2 Å². The number of nitrogens with zero attached hydrogens (tertiary/aromatic N) is 2. The van der Waals surface area contributed by atoms with Crippen molar-refractivity contribution in [2.24, 2.45) is 0 Å². The number of carbonyl (C=O) groups excluding carboxylic acids is 1. The van der Waals surface area contributed by atoms with Gasteiger partial charge < -0.3 is 18.7 Å². The van der Waals surface area contributed by atoms with Gasteiger partial charge in [-0.3, -0.25) is 4.79 Å². The molecule has 2 aromatic rings. The van der Waals surface area contributed by atoms with E-state index in [1.54, 1.807) is 18.2 Å². The van der Waals surface area contributed by atoms with Crippen LogP contribution in [0.4, 0.5) is 10.1 Å². The molecule has 1 atom stereocenters. The Kier molecular flexibility index (Phi) is 8.90. The van der Waals surface area contributed by atoms with E-state index in [1.807, 2.05) is 19.9 Å². The number of hydrogen-bond donors (Lipinski definition) is 0. The Balaban J connectivity index is 1.99. The van der Waals surface area contributed by atoms with Crippen molar-refractivity contribution < 1.29 is 26.5 Å². The third-order valence-corrected chi connectivity index (χ3v) is 7.09. The molecule has 2 aromatic carbocycles. The predicted molar refractivity (Wildman–Crippen MR) is 130 cm³/mol. The fraction of sp³-hybridized carbons (Fsp3) is 0.480. The molecule has 1 aliphatic rings. The second-order valence-corrected chi connectivity index (χ2v) is 10.1. The van der Waals surface area contributed by atoms with Crippen LogP contribution in [0.25, 0.3) is 0 Å². The smallest absolute Gasteiger partial charge is 0.308 e. The van der Waals surface area contributed by atoms with Gasteiger partial charge in [0.15, 0.2) is 0 Å². The Morgan fingerprint density at radius 3 is 2.50 bits per heavy atom. The van der Waals surface area contributed by atoms with E-state index >= 15 is 0 Å². The van der Waals surface area contributed by atoms with Gasteiger partial charge in [-0.25, -0.2) is 4.39 Å². The quantitative estimate of drug-likeness (QED) is 0.437. The van der Waals surface area contributed by atoms with Gasteiger partial charge in [-0.15, -0.1) is 0 Å². The third-order valence-electron chi connectivity index (χ3n) is 5.95. The van der Waals surface area contributed by atoms with Gasteiger partial charge in [0.1, 0.15) is 11.6 Å². The number of hydrogen-bond acceptors (Lipinski definition) is 6. The van der Waals surface area contributed by atoms with E-state index in [9.17, 15) is 17.6 Å². The second kappa shape index (κ2) is 11.7. The Bertz CT molecular complexity index is 1080. The molecule has 0 bridgehead atoms. The van der Waals surface area contributed by atoms with Gasteiger partial charge in [0.25, 0.3) is 5.91 Å². The molecule has 0 saturated carbocycles. The van der Waals surface area contributed by atoms with Crippen molar-refractivity contribution in [3.63, 3.8) is 0 Å². The average Bonchev–Trinajstić information content (AvgIpc) is 3.34. The Morgan fingerprint density at radius 2 is 1.88 bits per heavy atom. The normalized spacial score (nSPS) is 15.8. The maximum atomic E-state index is 14.4. The maximum Gasteiger partial charge on any atom is 0.308 e. The SMILES string of the molecule is CCN(CC)c1ccc(CN(C[C@@H]2CCCO2)C(=O)c2ccccc2F)c(OS(=O)(=O)CC)c1. The first-order valence-corrected chi connectivity index (χ1v) is 13.3. The molecule has 0 unspecified atom stereocenters. The number of anilines is 1. The number of ether oxygens (including phenoxy) is 1. The van der Waals surface area contributed by atoms with E-state index in [4.69, 9.17) is 8.92 Å². The van der Waals surface area contributed by atoms with Crippen LogP contribution in [0.1, 0.15) is 49.5 Å². The summed E-state index contributed by atoms with van der Waals surface area (Å²) in [5.41, 5.74) is 1.31. The lowest BCUT2D eigenvalue weighted by molar-refractivity contribution is 0.0503. The molecule has 186 valence electrons. The van der Waals surface area contributed by atoms with Crippen LogP contribution in [0.2, 0.25) is 0 Å². The fourth-order valence-electron chi connectivity index (χ4n) is 4.00. The van der Waals surface area contributed by atoms with Crippen molar-refractivity contribution in [3.8, 4) is 5.75 Å². The molecule has 0 radical (unpaired) electrons. The van der Waals surface area contributed by atoms with Crippen molar-refractivity contribution in [2.75, 3.05) is 36.9 Å². The Labute approximate surface area is 201 Å². The molecule has 3 rings (SSSR count). The van der Waals surface area contributed by atoms with E-state index in [-0.39, 0.29) is 36.3 Å². The van der Waals surface area contributed by atoms with Crippen LogP contribution in [0, 0.1) is 5.82 Å². The van der Waals surface area contributed by atoms with Crippen molar-refractivity contribution in [2.45, 2.75) is 46.3 Å². The second-order valence-electron chi connectivity index (χ2n) is 8.19. The highest BCUT2D eigenvalue weighted by Crippen LogP contribution is 2.29. The molecule has 1 fully saturated rings. The summed E-state index contributed by atoms with van der Waals surface area (Å²) in [6.45, 7) is 7.96. The summed E-state index contributed by atoms with van der Waals surface area (Å²) in [6, 6.07) is 11.2. The van der Waals surface area contributed by atoms with Gasteiger partial charge in [-0.2, -0.15) is 8.42 Å². The van der Waals surface area contributed by atoms with Gasteiger partial charge >= 0.3 is 10.1 Å². The molecule has 0 N–H and O–H groups in total. The number of rotatable bonds is 11. The Hall–Kier alpha value is -2.65. The van der Waals surface area contributed by atoms with Gasteiger partial charge in [0.05, 0.1) is 17.4 Å². The number of amides is 1. The molecule has 0 spiro atoms. The zero-order valence-electron chi connectivity index (χ0n) is 20.0. The lowest BCUT2D eigenvalue weighted by Gasteiger charge is -2.27. The molecule has 0 aromatic heterocycles. The standard InChI is InChI=1S/C25H33FN2O5S/c1-4-27(5-2)20-14-13-19(24(16-20)33-34(30,31)6-3)17-28(18-21-10-9-15-32-21)25(29)22-11-7-8-12-23(22)26/h7-8,11-14,16,21H,4-6,9-10,15,17-18H2,1-3H3/t21-/m0/s1.